The standard InChI is InChI=1S/C25H28N4O/c1-24(2,3)29-22-14-13-21(18-7-5-4-6-8-18)27-23(28-22)26-20-11-9-19(10-12-20)25(17-30)15-16-25/h4-12,14,17,29H,13,15-16H2,1-3H3,(H,26,28). The highest BCUT2D eigenvalue weighted by Gasteiger charge is 2.44. The minimum Gasteiger partial charge on any atom is -0.366 e. The molecule has 1 heterocycles. The van der Waals surface area contributed by atoms with Crippen LogP contribution in [0, 0.1) is 0 Å². The molecule has 1 fully saturated rings. The maximum absolute atomic E-state index is 11.4. The molecule has 0 bridgehead atoms. The predicted octanol–water partition coefficient (Wildman–Crippen LogP) is 4.81. The molecule has 0 spiro atoms. The van der Waals surface area contributed by atoms with Gasteiger partial charge in [-0.05, 0) is 62.9 Å². The molecule has 0 aromatic heterocycles. The zero-order valence-electron chi connectivity index (χ0n) is 17.8. The molecule has 30 heavy (non-hydrogen) atoms. The number of carbonyl (C=O) groups excluding carboxylic acids is 1. The highest BCUT2D eigenvalue weighted by Crippen LogP contribution is 2.46. The van der Waals surface area contributed by atoms with Crippen LogP contribution in [0.4, 0.5) is 5.69 Å². The molecule has 1 aliphatic heterocycles. The minimum atomic E-state index is -0.260. The van der Waals surface area contributed by atoms with Crippen molar-refractivity contribution in [1.29, 1.82) is 0 Å². The average molecular weight is 401 g/mol. The third-order valence-electron chi connectivity index (χ3n) is 5.30. The highest BCUT2D eigenvalue weighted by atomic mass is 16.1. The summed E-state index contributed by atoms with van der Waals surface area (Å²) in [6.45, 7) is 6.33. The number of hydrogen-bond donors (Lipinski definition) is 2. The molecule has 5 nitrogen and oxygen atoms in total. The summed E-state index contributed by atoms with van der Waals surface area (Å²) in [6.07, 6.45) is 5.73. The monoisotopic (exact) mass is 400 g/mol. The van der Waals surface area contributed by atoms with E-state index in [-0.39, 0.29) is 11.0 Å². The zero-order valence-corrected chi connectivity index (χ0v) is 17.8. The second-order valence-corrected chi connectivity index (χ2v) is 9.00. The molecule has 5 heteroatoms. The van der Waals surface area contributed by atoms with Gasteiger partial charge in [-0.3, -0.25) is 0 Å². The van der Waals surface area contributed by atoms with Crippen LogP contribution in [0.3, 0.4) is 0 Å². The van der Waals surface area contributed by atoms with Crippen LogP contribution in [0.1, 0.15) is 51.2 Å². The van der Waals surface area contributed by atoms with Crippen LogP contribution in [-0.2, 0) is 10.2 Å². The lowest BCUT2D eigenvalue weighted by Gasteiger charge is -2.22. The van der Waals surface area contributed by atoms with Gasteiger partial charge in [-0.1, -0.05) is 42.5 Å². The van der Waals surface area contributed by atoms with Crippen molar-refractivity contribution in [2.24, 2.45) is 9.98 Å². The molecule has 0 saturated heterocycles. The molecule has 154 valence electrons. The Morgan fingerprint density at radius 2 is 1.67 bits per heavy atom. The Morgan fingerprint density at radius 1 is 0.967 bits per heavy atom. The quantitative estimate of drug-likeness (QED) is 0.708. The van der Waals surface area contributed by atoms with E-state index in [1.165, 1.54) is 0 Å². The molecule has 2 aromatic carbocycles. The summed E-state index contributed by atoms with van der Waals surface area (Å²) in [5, 5.41) is 6.80. The first-order valence-corrected chi connectivity index (χ1v) is 10.4. The summed E-state index contributed by atoms with van der Waals surface area (Å²) in [5.41, 5.74) is 3.65. The van der Waals surface area contributed by atoms with Crippen molar-refractivity contribution in [1.82, 2.24) is 5.32 Å². The third kappa shape index (κ3) is 4.67. The lowest BCUT2D eigenvalue weighted by atomic mass is 9.98. The zero-order chi connectivity index (χ0) is 21.2. The molecule has 2 aliphatic rings. The summed E-state index contributed by atoms with van der Waals surface area (Å²) in [4.78, 5) is 21.0. The van der Waals surface area contributed by atoms with Crippen LogP contribution in [0.5, 0.6) is 0 Å². The van der Waals surface area contributed by atoms with E-state index in [4.69, 9.17) is 9.98 Å². The fourth-order valence-electron chi connectivity index (χ4n) is 3.51. The van der Waals surface area contributed by atoms with Gasteiger partial charge in [-0.2, -0.15) is 4.99 Å². The van der Waals surface area contributed by atoms with Crippen molar-refractivity contribution in [3.8, 4) is 0 Å². The van der Waals surface area contributed by atoms with Gasteiger partial charge in [0.15, 0.2) is 0 Å². The highest BCUT2D eigenvalue weighted by molar-refractivity contribution is 6.11. The lowest BCUT2D eigenvalue weighted by Crippen LogP contribution is -2.34. The Labute approximate surface area is 178 Å². The summed E-state index contributed by atoms with van der Waals surface area (Å²) in [5.74, 6) is 1.34. The Bertz CT molecular complexity index is 1010. The molecule has 4 rings (SSSR count). The minimum absolute atomic E-state index is 0.104. The fourth-order valence-corrected chi connectivity index (χ4v) is 3.51. The van der Waals surface area contributed by atoms with Gasteiger partial charge in [0.2, 0.25) is 5.96 Å². The maximum Gasteiger partial charge on any atom is 0.229 e. The second-order valence-electron chi connectivity index (χ2n) is 9.00. The molecule has 1 saturated carbocycles. The number of aldehydes is 1. The van der Waals surface area contributed by atoms with Gasteiger partial charge in [0, 0.05) is 17.6 Å². The van der Waals surface area contributed by atoms with E-state index in [1.807, 2.05) is 42.5 Å². The normalized spacial score (nSPS) is 17.8. The van der Waals surface area contributed by atoms with Gasteiger partial charge in [0.05, 0.1) is 11.1 Å². The summed E-state index contributed by atoms with van der Waals surface area (Å²) in [7, 11) is 0. The Kier molecular flexibility index (Phi) is 5.29. The molecule has 0 unspecified atom stereocenters. The van der Waals surface area contributed by atoms with E-state index in [0.29, 0.717) is 12.4 Å². The molecule has 0 amide bonds. The average Bonchev–Trinajstić information content (AvgIpc) is 3.53. The number of anilines is 1. The smallest absolute Gasteiger partial charge is 0.229 e. The topological polar surface area (TPSA) is 65.8 Å². The van der Waals surface area contributed by atoms with Crippen LogP contribution in [0.2, 0.25) is 0 Å². The van der Waals surface area contributed by atoms with Crippen molar-refractivity contribution < 1.29 is 4.79 Å². The van der Waals surface area contributed by atoms with Crippen LogP contribution >= 0.6 is 0 Å². The number of aliphatic imine (C=N–C) groups is 2. The van der Waals surface area contributed by atoms with Gasteiger partial charge < -0.3 is 15.4 Å². The second kappa shape index (κ2) is 7.90. The molecular formula is C25H28N4O. The molecule has 2 aromatic rings. The molecule has 0 radical (unpaired) electrons. The van der Waals surface area contributed by atoms with E-state index >= 15 is 0 Å². The molecule has 0 atom stereocenters. The predicted molar refractivity (Wildman–Crippen MR) is 123 cm³/mol. The summed E-state index contributed by atoms with van der Waals surface area (Å²) >= 11 is 0. The number of guanidine groups is 1. The van der Waals surface area contributed by atoms with Gasteiger partial charge in [0.25, 0.3) is 0 Å². The Morgan fingerprint density at radius 3 is 2.27 bits per heavy atom. The molecule has 1 aliphatic carbocycles. The van der Waals surface area contributed by atoms with Gasteiger partial charge in [-0.25, -0.2) is 4.99 Å². The van der Waals surface area contributed by atoms with Crippen molar-refractivity contribution in [2.45, 2.75) is 51.0 Å². The summed E-state index contributed by atoms with van der Waals surface area (Å²) in [6, 6.07) is 18.2. The first-order chi connectivity index (χ1) is 14.4. The van der Waals surface area contributed by atoms with E-state index in [1.54, 1.807) is 0 Å². The fraction of sp³-hybridized carbons (Fsp3) is 0.320. The number of hydrogen-bond acceptors (Lipinski definition) is 5. The number of allylic oxidation sites excluding steroid dienone is 1. The van der Waals surface area contributed by atoms with Gasteiger partial charge in [0.1, 0.15) is 12.1 Å². The van der Waals surface area contributed by atoms with E-state index in [0.717, 1.165) is 47.5 Å². The van der Waals surface area contributed by atoms with E-state index < -0.39 is 0 Å². The van der Waals surface area contributed by atoms with E-state index in [2.05, 4.69) is 49.6 Å². The van der Waals surface area contributed by atoms with Crippen molar-refractivity contribution in [3.05, 3.63) is 77.6 Å². The lowest BCUT2D eigenvalue weighted by molar-refractivity contribution is -0.109. The van der Waals surface area contributed by atoms with Crippen molar-refractivity contribution >= 4 is 23.6 Å². The largest absolute Gasteiger partial charge is 0.366 e. The van der Waals surface area contributed by atoms with Crippen LogP contribution in [-0.4, -0.2) is 23.5 Å². The van der Waals surface area contributed by atoms with Crippen LogP contribution in [0.25, 0.3) is 0 Å². The number of rotatable bonds is 5. The van der Waals surface area contributed by atoms with Crippen LogP contribution < -0.4 is 10.6 Å². The van der Waals surface area contributed by atoms with Crippen molar-refractivity contribution in [2.75, 3.05) is 5.32 Å². The first kappa shape index (κ1) is 20.1. The Balaban J connectivity index is 1.61. The number of benzene rings is 2. The number of carbonyl (C=O) groups is 1. The first-order valence-electron chi connectivity index (χ1n) is 10.4. The molecular weight excluding hydrogens is 372 g/mol. The third-order valence-corrected chi connectivity index (χ3v) is 5.30. The molecule has 2 N–H and O–H groups in total. The maximum atomic E-state index is 11.4. The number of nitrogens with zero attached hydrogens (tertiary/aromatic N) is 2. The van der Waals surface area contributed by atoms with Gasteiger partial charge >= 0.3 is 0 Å². The van der Waals surface area contributed by atoms with Crippen LogP contribution in [0.15, 0.2) is 76.5 Å². The van der Waals surface area contributed by atoms with E-state index in [9.17, 15) is 4.79 Å². The Hall–Kier alpha value is -3.21. The summed E-state index contributed by atoms with van der Waals surface area (Å²) < 4.78 is 0. The van der Waals surface area contributed by atoms with Gasteiger partial charge in [-0.15, -0.1) is 0 Å². The van der Waals surface area contributed by atoms with Crippen molar-refractivity contribution in [3.63, 3.8) is 0 Å². The SMILES string of the molecule is CC(C)(C)NC1=CCC(c2ccccc2)=NC(Nc2ccc(C3(C=O)CC3)cc2)=N1. The number of nitrogens with one attached hydrogen (secondary N) is 2.